The second kappa shape index (κ2) is 5.79. The summed E-state index contributed by atoms with van der Waals surface area (Å²) >= 11 is 6.03. The van der Waals surface area contributed by atoms with Crippen molar-refractivity contribution in [3.05, 3.63) is 38.9 Å². The molecule has 1 aliphatic rings. The standard InChI is InChI=1S/C14H17ClN2O3/c1-9(2)8-16(10-3-4-10)14(18)12-7-11(17(19)20)5-6-13(12)15/h5-7,9-10H,3-4,8H2,1-2H3. The zero-order chi connectivity index (χ0) is 14.9. The highest BCUT2D eigenvalue weighted by molar-refractivity contribution is 6.33. The van der Waals surface area contributed by atoms with Crippen molar-refractivity contribution in [3.8, 4) is 0 Å². The van der Waals surface area contributed by atoms with Crippen LogP contribution in [0.5, 0.6) is 0 Å². The van der Waals surface area contributed by atoms with Crippen LogP contribution < -0.4 is 0 Å². The zero-order valence-corrected chi connectivity index (χ0v) is 12.3. The van der Waals surface area contributed by atoms with Gasteiger partial charge in [-0.3, -0.25) is 14.9 Å². The van der Waals surface area contributed by atoms with Gasteiger partial charge in [0.2, 0.25) is 0 Å². The summed E-state index contributed by atoms with van der Waals surface area (Å²) in [5, 5.41) is 11.1. The number of nitro benzene ring substituents is 1. The van der Waals surface area contributed by atoms with Gasteiger partial charge in [0.25, 0.3) is 11.6 Å². The molecule has 0 spiro atoms. The van der Waals surface area contributed by atoms with Crippen LogP contribution in [-0.4, -0.2) is 28.3 Å². The number of nitrogens with zero attached hydrogens (tertiary/aromatic N) is 2. The van der Waals surface area contributed by atoms with E-state index in [-0.39, 0.29) is 28.2 Å². The molecule has 1 saturated carbocycles. The van der Waals surface area contributed by atoms with Gasteiger partial charge in [-0.1, -0.05) is 25.4 Å². The fourth-order valence-electron chi connectivity index (χ4n) is 2.12. The van der Waals surface area contributed by atoms with E-state index in [9.17, 15) is 14.9 Å². The van der Waals surface area contributed by atoms with E-state index in [1.807, 2.05) is 13.8 Å². The van der Waals surface area contributed by atoms with Gasteiger partial charge >= 0.3 is 0 Å². The van der Waals surface area contributed by atoms with Crippen LogP contribution in [-0.2, 0) is 0 Å². The fourth-order valence-corrected chi connectivity index (χ4v) is 2.32. The van der Waals surface area contributed by atoms with Crippen molar-refractivity contribution in [2.75, 3.05) is 6.54 Å². The van der Waals surface area contributed by atoms with Crippen LogP contribution in [0.25, 0.3) is 0 Å². The lowest BCUT2D eigenvalue weighted by Crippen LogP contribution is -2.36. The lowest BCUT2D eigenvalue weighted by atomic mass is 10.1. The quantitative estimate of drug-likeness (QED) is 0.617. The van der Waals surface area contributed by atoms with E-state index >= 15 is 0 Å². The molecule has 0 aromatic heterocycles. The summed E-state index contributed by atoms with van der Waals surface area (Å²) in [6, 6.07) is 4.23. The number of hydrogen-bond donors (Lipinski definition) is 0. The Hall–Kier alpha value is -1.62. The summed E-state index contributed by atoms with van der Waals surface area (Å²) in [5.74, 6) is 0.131. The topological polar surface area (TPSA) is 63.5 Å². The Balaban J connectivity index is 2.30. The molecule has 0 saturated heterocycles. The first kappa shape index (κ1) is 14.8. The van der Waals surface area contributed by atoms with Gasteiger partial charge in [0, 0.05) is 24.7 Å². The molecule has 1 amide bonds. The van der Waals surface area contributed by atoms with Crippen molar-refractivity contribution < 1.29 is 9.72 Å². The minimum absolute atomic E-state index is 0.113. The van der Waals surface area contributed by atoms with E-state index in [1.165, 1.54) is 18.2 Å². The Morgan fingerprint density at radius 2 is 2.15 bits per heavy atom. The van der Waals surface area contributed by atoms with Crippen molar-refractivity contribution in [3.63, 3.8) is 0 Å². The third kappa shape index (κ3) is 3.28. The largest absolute Gasteiger partial charge is 0.335 e. The normalized spacial score (nSPS) is 14.4. The SMILES string of the molecule is CC(C)CN(C(=O)c1cc([N+](=O)[O-])ccc1Cl)C1CC1. The van der Waals surface area contributed by atoms with E-state index in [4.69, 9.17) is 11.6 Å². The number of rotatable bonds is 5. The zero-order valence-electron chi connectivity index (χ0n) is 11.5. The minimum Gasteiger partial charge on any atom is -0.335 e. The highest BCUT2D eigenvalue weighted by atomic mass is 35.5. The van der Waals surface area contributed by atoms with Gasteiger partial charge in [-0.25, -0.2) is 0 Å². The first-order valence-electron chi connectivity index (χ1n) is 6.65. The van der Waals surface area contributed by atoms with Gasteiger partial charge in [-0.2, -0.15) is 0 Å². The number of non-ortho nitro benzene ring substituents is 1. The van der Waals surface area contributed by atoms with Crippen LogP contribution in [0.1, 0.15) is 37.0 Å². The van der Waals surface area contributed by atoms with E-state index in [2.05, 4.69) is 0 Å². The first-order valence-corrected chi connectivity index (χ1v) is 7.03. The minimum atomic E-state index is -0.517. The molecular formula is C14H17ClN2O3. The lowest BCUT2D eigenvalue weighted by molar-refractivity contribution is -0.384. The molecule has 0 bridgehead atoms. The summed E-state index contributed by atoms with van der Waals surface area (Å²) in [5.41, 5.74) is 0.103. The Kier molecular flexibility index (Phi) is 4.28. The maximum absolute atomic E-state index is 12.6. The van der Waals surface area contributed by atoms with Gasteiger partial charge in [0.1, 0.15) is 0 Å². The molecule has 1 aliphatic carbocycles. The van der Waals surface area contributed by atoms with Crippen molar-refractivity contribution in [1.82, 2.24) is 4.90 Å². The van der Waals surface area contributed by atoms with Crippen molar-refractivity contribution in [1.29, 1.82) is 0 Å². The van der Waals surface area contributed by atoms with Crippen molar-refractivity contribution >= 4 is 23.2 Å². The van der Waals surface area contributed by atoms with Crippen LogP contribution in [0.2, 0.25) is 5.02 Å². The maximum atomic E-state index is 12.6. The molecule has 1 aromatic carbocycles. The fraction of sp³-hybridized carbons (Fsp3) is 0.500. The molecule has 1 fully saturated rings. The summed E-state index contributed by atoms with van der Waals surface area (Å²) in [7, 11) is 0. The summed E-state index contributed by atoms with van der Waals surface area (Å²) < 4.78 is 0. The molecule has 5 nitrogen and oxygen atoms in total. The van der Waals surface area contributed by atoms with Crippen LogP contribution in [0.4, 0.5) is 5.69 Å². The van der Waals surface area contributed by atoms with Crippen LogP contribution in [0.3, 0.4) is 0 Å². The molecule has 0 atom stereocenters. The molecule has 0 radical (unpaired) electrons. The Morgan fingerprint density at radius 3 is 2.65 bits per heavy atom. The van der Waals surface area contributed by atoms with Gasteiger partial charge < -0.3 is 4.90 Å². The average Bonchev–Trinajstić information content (AvgIpc) is 3.19. The second-order valence-corrected chi connectivity index (χ2v) is 5.91. The van der Waals surface area contributed by atoms with E-state index in [0.717, 1.165) is 12.8 Å². The predicted octanol–water partition coefficient (Wildman–Crippen LogP) is 3.51. The Bertz CT molecular complexity index is 541. The van der Waals surface area contributed by atoms with Crippen molar-refractivity contribution in [2.45, 2.75) is 32.7 Å². The molecule has 6 heteroatoms. The number of halogens is 1. The summed E-state index contributed by atoms with van der Waals surface area (Å²) in [6.45, 7) is 4.72. The molecular weight excluding hydrogens is 280 g/mol. The number of benzene rings is 1. The van der Waals surface area contributed by atoms with E-state index in [1.54, 1.807) is 4.90 Å². The number of hydrogen-bond acceptors (Lipinski definition) is 3. The van der Waals surface area contributed by atoms with E-state index < -0.39 is 4.92 Å². The molecule has 0 unspecified atom stereocenters. The van der Waals surface area contributed by atoms with Crippen molar-refractivity contribution in [2.24, 2.45) is 5.92 Å². The van der Waals surface area contributed by atoms with Gasteiger partial charge in [0.15, 0.2) is 0 Å². The van der Waals surface area contributed by atoms with Gasteiger partial charge in [-0.15, -0.1) is 0 Å². The highest BCUT2D eigenvalue weighted by Crippen LogP contribution is 2.31. The van der Waals surface area contributed by atoms with Crippen LogP contribution >= 0.6 is 11.6 Å². The number of amides is 1. The molecule has 0 heterocycles. The highest BCUT2D eigenvalue weighted by Gasteiger charge is 2.34. The first-order chi connectivity index (χ1) is 9.40. The van der Waals surface area contributed by atoms with Gasteiger partial charge in [-0.05, 0) is 24.8 Å². The summed E-state index contributed by atoms with van der Waals surface area (Å²) in [6.07, 6.45) is 1.98. The number of carbonyl (C=O) groups is 1. The Labute approximate surface area is 122 Å². The second-order valence-electron chi connectivity index (χ2n) is 5.50. The predicted molar refractivity (Wildman–Crippen MR) is 77.0 cm³/mol. The van der Waals surface area contributed by atoms with Crippen LogP contribution in [0, 0.1) is 16.0 Å². The third-order valence-electron chi connectivity index (χ3n) is 3.20. The molecule has 108 valence electrons. The molecule has 2 rings (SSSR count). The molecule has 1 aromatic rings. The summed E-state index contributed by atoms with van der Waals surface area (Å²) in [4.78, 5) is 24.7. The smallest absolute Gasteiger partial charge is 0.270 e. The van der Waals surface area contributed by atoms with Crippen LogP contribution in [0.15, 0.2) is 18.2 Å². The monoisotopic (exact) mass is 296 g/mol. The maximum Gasteiger partial charge on any atom is 0.270 e. The average molecular weight is 297 g/mol. The molecule has 0 N–H and O–H groups in total. The van der Waals surface area contributed by atoms with E-state index in [0.29, 0.717) is 12.5 Å². The lowest BCUT2D eigenvalue weighted by Gasteiger charge is -2.24. The third-order valence-corrected chi connectivity index (χ3v) is 3.53. The molecule has 0 aliphatic heterocycles. The van der Waals surface area contributed by atoms with Gasteiger partial charge in [0.05, 0.1) is 15.5 Å². The Morgan fingerprint density at radius 1 is 1.50 bits per heavy atom. The number of nitro groups is 1. The number of carbonyl (C=O) groups excluding carboxylic acids is 1. The molecule has 20 heavy (non-hydrogen) atoms.